The molecule has 2 N–H and O–H groups in total. The predicted molar refractivity (Wildman–Crippen MR) is 66.2 cm³/mol. The quantitative estimate of drug-likeness (QED) is 0.828. The number of fused-ring (bicyclic) bond motifs is 1. The molecule has 0 aliphatic carbocycles. The van der Waals surface area contributed by atoms with Gasteiger partial charge >= 0.3 is 0 Å². The van der Waals surface area contributed by atoms with Gasteiger partial charge in [0.05, 0.1) is 12.4 Å². The summed E-state index contributed by atoms with van der Waals surface area (Å²) in [5.41, 5.74) is 1.36. The number of H-pyrrole nitrogens is 1. The number of hydrogen-bond acceptors (Lipinski definition) is 5. The number of nitrogens with zero attached hydrogens (tertiary/aromatic N) is 3. The Balaban J connectivity index is 2.36. The highest BCUT2D eigenvalue weighted by Crippen LogP contribution is 2.21. The number of rotatable bonds is 5. The standard InChI is InChI=1S/C11H17N5O/c1-4-5-12-11-15-9-8(13-6-14-9)10(16-11)17-7(2)3/h6-7H,4-5H2,1-3H3,(H2,12,13,14,15,16). The van der Waals surface area contributed by atoms with E-state index in [1.54, 1.807) is 6.33 Å². The second kappa shape index (κ2) is 4.99. The molecule has 2 heterocycles. The lowest BCUT2D eigenvalue weighted by Crippen LogP contribution is -2.10. The molecule has 0 fully saturated rings. The number of ether oxygens (including phenoxy) is 1. The third-order valence-corrected chi connectivity index (χ3v) is 2.13. The van der Waals surface area contributed by atoms with Crippen LogP contribution in [-0.2, 0) is 0 Å². The van der Waals surface area contributed by atoms with E-state index in [2.05, 4.69) is 32.2 Å². The molecule has 6 heteroatoms. The van der Waals surface area contributed by atoms with Gasteiger partial charge in [0.1, 0.15) is 5.52 Å². The lowest BCUT2D eigenvalue weighted by Gasteiger charge is -2.10. The van der Waals surface area contributed by atoms with Crippen LogP contribution in [0.4, 0.5) is 5.95 Å². The van der Waals surface area contributed by atoms with Gasteiger partial charge in [-0.2, -0.15) is 9.97 Å². The molecule has 0 bridgehead atoms. The summed E-state index contributed by atoms with van der Waals surface area (Å²) in [5.74, 6) is 1.10. The van der Waals surface area contributed by atoms with E-state index < -0.39 is 0 Å². The molecule has 0 aliphatic heterocycles. The lowest BCUT2D eigenvalue weighted by molar-refractivity contribution is 0.235. The van der Waals surface area contributed by atoms with Crippen LogP contribution in [0.2, 0.25) is 0 Å². The van der Waals surface area contributed by atoms with Gasteiger partial charge in [-0.05, 0) is 20.3 Å². The average Bonchev–Trinajstić information content (AvgIpc) is 2.73. The fourth-order valence-electron chi connectivity index (χ4n) is 1.43. The Hall–Kier alpha value is -1.85. The first-order valence-corrected chi connectivity index (χ1v) is 5.82. The molecular weight excluding hydrogens is 218 g/mol. The zero-order chi connectivity index (χ0) is 12.3. The molecule has 0 aliphatic rings. The summed E-state index contributed by atoms with van der Waals surface area (Å²) in [6, 6.07) is 0. The van der Waals surface area contributed by atoms with Crippen LogP contribution in [0.5, 0.6) is 5.88 Å². The molecule has 0 spiro atoms. The van der Waals surface area contributed by atoms with Crippen molar-refractivity contribution >= 4 is 17.1 Å². The van der Waals surface area contributed by atoms with E-state index in [4.69, 9.17) is 4.74 Å². The van der Waals surface area contributed by atoms with Crippen LogP contribution >= 0.6 is 0 Å². The summed E-state index contributed by atoms with van der Waals surface area (Å²) in [5, 5.41) is 3.13. The van der Waals surface area contributed by atoms with Gasteiger partial charge in [-0.1, -0.05) is 6.92 Å². The van der Waals surface area contributed by atoms with Crippen molar-refractivity contribution in [2.24, 2.45) is 0 Å². The van der Waals surface area contributed by atoms with E-state index in [1.807, 2.05) is 13.8 Å². The van der Waals surface area contributed by atoms with Crippen LogP contribution in [0.15, 0.2) is 6.33 Å². The van der Waals surface area contributed by atoms with Crippen LogP contribution in [0.1, 0.15) is 27.2 Å². The van der Waals surface area contributed by atoms with E-state index in [1.165, 1.54) is 0 Å². The van der Waals surface area contributed by atoms with E-state index in [9.17, 15) is 0 Å². The highest BCUT2D eigenvalue weighted by Gasteiger charge is 2.11. The molecule has 0 unspecified atom stereocenters. The maximum atomic E-state index is 5.64. The van der Waals surface area contributed by atoms with Crippen molar-refractivity contribution in [3.05, 3.63) is 6.33 Å². The van der Waals surface area contributed by atoms with Crippen LogP contribution in [0, 0.1) is 0 Å². The Morgan fingerprint density at radius 2 is 2.24 bits per heavy atom. The SMILES string of the molecule is CCCNc1nc(OC(C)C)c2[nH]cnc2n1. The van der Waals surface area contributed by atoms with Gasteiger partial charge in [0.15, 0.2) is 5.65 Å². The summed E-state index contributed by atoms with van der Waals surface area (Å²) in [4.78, 5) is 15.7. The Morgan fingerprint density at radius 3 is 2.94 bits per heavy atom. The number of hydrogen-bond donors (Lipinski definition) is 2. The van der Waals surface area contributed by atoms with E-state index in [0.29, 0.717) is 17.5 Å². The first kappa shape index (κ1) is 11.6. The molecule has 0 radical (unpaired) electrons. The van der Waals surface area contributed by atoms with Crippen molar-refractivity contribution in [2.75, 3.05) is 11.9 Å². The van der Waals surface area contributed by atoms with Gasteiger partial charge in [0.25, 0.3) is 0 Å². The minimum Gasteiger partial charge on any atom is -0.473 e. The van der Waals surface area contributed by atoms with Gasteiger partial charge in [-0.15, -0.1) is 0 Å². The predicted octanol–water partition coefficient (Wildman–Crippen LogP) is 1.96. The molecule has 0 saturated carbocycles. The van der Waals surface area contributed by atoms with Crippen LogP contribution in [-0.4, -0.2) is 32.6 Å². The number of nitrogens with one attached hydrogen (secondary N) is 2. The second-order valence-electron chi connectivity index (χ2n) is 4.05. The molecule has 0 amide bonds. The van der Waals surface area contributed by atoms with E-state index >= 15 is 0 Å². The lowest BCUT2D eigenvalue weighted by atomic mass is 10.4. The normalized spacial score (nSPS) is 11.1. The largest absolute Gasteiger partial charge is 0.473 e. The van der Waals surface area contributed by atoms with Crippen LogP contribution in [0.25, 0.3) is 11.2 Å². The maximum absolute atomic E-state index is 5.64. The average molecular weight is 235 g/mol. The smallest absolute Gasteiger partial charge is 0.245 e. The Kier molecular flexibility index (Phi) is 3.41. The van der Waals surface area contributed by atoms with Crippen molar-refractivity contribution in [1.82, 2.24) is 19.9 Å². The second-order valence-corrected chi connectivity index (χ2v) is 4.05. The number of imidazole rings is 1. The fraction of sp³-hybridized carbons (Fsp3) is 0.545. The van der Waals surface area contributed by atoms with E-state index in [0.717, 1.165) is 18.5 Å². The van der Waals surface area contributed by atoms with Crippen molar-refractivity contribution in [3.63, 3.8) is 0 Å². The van der Waals surface area contributed by atoms with Crippen molar-refractivity contribution in [2.45, 2.75) is 33.3 Å². The molecular formula is C11H17N5O. The molecule has 0 aromatic carbocycles. The van der Waals surface area contributed by atoms with Crippen LogP contribution in [0.3, 0.4) is 0 Å². The first-order valence-electron chi connectivity index (χ1n) is 5.82. The Bertz CT molecular complexity index is 494. The number of aromatic amines is 1. The molecule has 2 aromatic rings. The molecule has 0 atom stereocenters. The maximum Gasteiger partial charge on any atom is 0.245 e. The third-order valence-electron chi connectivity index (χ3n) is 2.13. The summed E-state index contributed by atoms with van der Waals surface area (Å²) in [6.07, 6.45) is 2.67. The highest BCUT2D eigenvalue weighted by molar-refractivity contribution is 5.76. The van der Waals surface area contributed by atoms with Gasteiger partial charge < -0.3 is 15.0 Å². The number of aromatic nitrogens is 4. The zero-order valence-corrected chi connectivity index (χ0v) is 10.3. The molecule has 17 heavy (non-hydrogen) atoms. The summed E-state index contributed by atoms with van der Waals surface area (Å²) < 4.78 is 5.64. The molecule has 0 saturated heterocycles. The number of anilines is 1. The minimum atomic E-state index is 0.0652. The van der Waals surface area contributed by atoms with Gasteiger partial charge in [-0.25, -0.2) is 4.98 Å². The van der Waals surface area contributed by atoms with Crippen LogP contribution < -0.4 is 10.1 Å². The molecule has 6 nitrogen and oxygen atoms in total. The fourth-order valence-corrected chi connectivity index (χ4v) is 1.43. The summed E-state index contributed by atoms with van der Waals surface area (Å²) in [7, 11) is 0. The summed E-state index contributed by atoms with van der Waals surface area (Å²) >= 11 is 0. The summed E-state index contributed by atoms with van der Waals surface area (Å²) in [6.45, 7) is 6.84. The molecule has 92 valence electrons. The third kappa shape index (κ3) is 2.64. The zero-order valence-electron chi connectivity index (χ0n) is 10.3. The van der Waals surface area contributed by atoms with Gasteiger partial charge in [-0.3, -0.25) is 0 Å². The Labute approximate surface area is 99.8 Å². The Morgan fingerprint density at radius 1 is 1.41 bits per heavy atom. The van der Waals surface area contributed by atoms with Crippen molar-refractivity contribution in [3.8, 4) is 5.88 Å². The van der Waals surface area contributed by atoms with Crippen molar-refractivity contribution in [1.29, 1.82) is 0 Å². The minimum absolute atomic E-state index is 0.0652. The topological polar surface area (TPSA) is 75.7 Å². The van der Waals surface area contributed by atoms with Gasteiger partial charge in [0, 0.05) is 6.54 Å². The molecule has 2 rings (SSSR count). The monoisotopic (exact) mass is 235 g/mol. The first-order chi connectivity index (χ1) is 8.20. The molecule has 2 aromatic heterocycles. The van der Waals surface area contributed by atoms with E-state index in [-0.39, 0.29) is 6.10 Å². The van der Waals surface area contributed by atoms with Crippen molar-refractivity contribution < 1.29 is 4.74 Å². The van der Waals surface area contributed by atoms with Gasteiger partial charge in [0.2, 0.25) is 11.8 Å². The highest BCUT2D eigenvalue weighted by atomic mass is 16.5.